The van der Waals surface area contributed by atoms with Crippen LogP contribution in [0, 0.1) is 12.7 Å². The summed E-state index contributed by atoms with van der Waals surface area (Å²) in [4.78, 5) is 14.1. The van der Waals surface area contributed by atoms with Gasteiger partial charge in [-0.3, -0.25) is 4.79 Å². The summed E-state index contributed by atoms with van der Waals surface area (Å²) in [5.74, 6) is -0.329. The molecule has 0 N–H and O–H groups in total. The van der Waals surface area contributed by atoms with E-state index in [1.807, 2.05) is 44.2 Å². The molecule has 2 aromatic carbocycles. The smallest absolute Gasteiger partial charge is 0.173 e. The number of hydrogen-bond donors (Lipinski definition) is 0. The Morgan fingerprint density at radius 1 is 1.12 bits per heavy atom. The van der Waals surface area contributed by atoms with E-state index in [4.69, 9.17) is 11.6 Å². The van der Waals surface area contributed by atoms with E-state index < -0.39 is 5.82 Å². The van der Waals surface area contributed by atoms with Crippen LogP contribution in [0.25, 0.3) is 21.6 Å². The maximum atomic E-state index is 13.5. The summed E-state index contributed by atoms with van der Waals surface area (Å²) in [7, 11) is 0. The number of halogens is 2. The molecule has 0 bridgehead atoms. The minimum absolute atomic E-state index is 0.0879. The highest BCUT2D eigenvalue weighted by Crippen LogP contribution is 2.43. The molecule has 1 nitrogen and oxygen atoms in total. The second-order valence-corrected chi connectivity index (χ2v) is 6.96. The minimum Gasteiger partial charge on any atom is -0.293 e. The number of carbonyl (C=O) groups is 1. The normalized spacial score (nSPS) is 10.8. The SMILES string of the molecule is CCC(=O)c1sc(-c2ccc(F)c(Cl)c2)c(C)c1-c1ccccc1. The second-order valence-electron chi connectivity index (χ2n) is 5.53. The lowest BCUT2D eigenvalue weighted by Crippen LogP contribution is -1.95. The van der Waals surface area contributed by atoms with E-state index >= 15 is 0 Å². The molecule has 0 aliphatic heterocycles. The molecule has 0 spiro atoms. The van der Waals surface area contributed by atoms with Gasteiger partial charge in [0.05, 0.1) is 9.90 Å². The number of thiophene rings is 1. The molecule has 1 aromatic heterocycles. The van der Waals surface area contributed by atoms with Crippen molar-refractivity contribution in [2.45, 2.75) is 20.3 Å². The fourth-order valence-corrected chi connectivity index (χ4v) is 4.25. The van der Waals surface area contributed by atoms with Gasteiger partial charge in [0.25, 0.3) is 0 Å². The van der Waals surface area contributed by atoms with E-state index in [0.29, 0.717) is 6.42 Å². The van der Waals surface area contributed by atoms with Crippen molar-refractivity contribution in [3.63, 3.8) is 0 Å². The zero-order chi connectivity index (χ0) is 17.3. The van der Waals surface area contributed by atoms with Crippen LogP contribution in [-0.4, -0.2) is 5.78 Å². The van der Waals surface area contributed by atoms with E-state index in [-0.39, 0.29) is 10.8 Å². The topological polar surface area (TPSA) is 17.1 Å². The molecule has 0 atom stereocenters. The fraction of sp³-hybridized carbons (Fsp3) is 0.150. The Balaban J connectivity index is 2.24. The summed E-state index contributed by atoms with van der Waals surface area (Å²) in [6.07, 6.45) is 0.448. The lowest BCUT2D eigenvalue weighted by atomic mass is 9.97. The van der Waals surface area contributed by atoms with Gasteiger partial charge in [0, 0.05) is 16.9 Å². The van der Waals surface area contributed by atoms with Crippen LogP contribution in [-0.2, 0) is 0 Å². The van der Waals surface area contributed by atoms with Crippen LogP contribution >= 0.6 is 22.9 Å². The quantitative estimate of drug-likeness (QED) is 0.470. The van der Waals surface area contributed by atoms with Gasteiger partial charge in [-0.05, 0) is 35.7 Å². The van der Waals surface area contributed by atoms with Crippen LogP contribution in [0.3, 0.4) is 0 Å². The Morgan fingerprint density at radius 2 is 1.83 bits per heavy atom. The van der Waals surface area contributed by atoms with Crippen LogP contribution in [0.15, 0.2) is 48.5 Å². The van der Waals surface area contributed by atoms with E-state index in [1.54, 1.807) is 12.1 Å². The number of ketones is 1. The summed E-state index contributed by atoms with van der Waals surface area (Å²) in [5.41, 5.74) is 3.83. The number of hydrogen-bond acceptors (Lipinski definition) is 2. The Morgan fingerprint density at radius 3 is 2.46 bits per heavy atom. The summed E-state index contributed by atoms with van der Waals surface area (Å²) >= 11 is 7.38. The average Bonchev–Trinajstić information content (AvgIpc) is 2.95. The van der Waals surface area contributed by atoms with Crippen LogP contribution < -0.4 is 0 Å². The maximum Gasteiger partial charge on any atom is 0.173 e. The summed E-state index contributed by atoms with van der Waals surface area (Å²) in [6, 6.07) is 14.6. The van der Waals surface area contributed by atoms with Crippen molar-refractivity contribution in [2.75, 3.05) is 0 Å². The highest BCUT2D eigenvalue weighted by Gasteiger charge is 2.21. The standard InChI is InChI=1S/C20H16ClFOS/c1-3-17(23)20-18(13-7-5-4-6-8-13)12(2)19(24-20)14-9-10-16(22)15(21)11-14/h4-11H,3H2,1-2H3. The van der Waals surface area contributed by atoms with Crippen LogP contribution in [0.5, 0.6) is 0 Å². The molecule has 0 radical (unpaired) electrons. The van der Waals surface area contributed by atoms with Gasteiger partial charge in [0.1, 0.15) is 5.82 Å². The highest BCUT2D eigenvalue weighted by molar-refractivity contribution is 7.18. The number of Topliss-reactive ketones (excluding diaryl/α,β-unsaturated/α-hetero) is 1. The van der Waals surface area contributed by atoms with E-state index in [2.05, 4.69) is 0 Å². The van der Waals surface area contributed by atoms with Gasteiger partial charge in [-0.25, -0.2) is 4.39 Å². The van der Waals surface area contributed by atoms with Crippen LogP contribution in [0.1, 0.15) is 28.6 Å². The van der Waals surface area contributed by atoms with Gasteiger partial charge in [-0.2, -0.15) is 0 Å². The third-order valence-electron chi connectivity index (χ3n) is 3.97. The molecule has 0 saturated heterocycles. The predicted molar refractivity (Wildman–Crippen MR) is 99.5 cm³/mol. The molecule has 0 aliphatic rings. The van der Waals surface area contributed by atoms with E-state index in [0.717, 1.165) is 32.0 Å². The molecule has 4 heteroatoms. The van der Waals surface area contributed by atoms with Crippen molar-refractivity contribution in [1.29, 1.82) is 0 Å². The second kappa shape index (κ2) is 6.88. The van der Waals surface area contributed by atoms with E-state index in [9.17, 15) is 9.18 Å². The summed E-state index contributed by atoms with van der Waals surface area (Å²) in [5, 5.41) is 0.0879. The first-order chi connectivity index (χ1) is 11.5. The van der Waals surface area contributed by atoms with Gasteiger partial charge < -0.3 is 0 Å². The van der Waals surface area contributed by atoms with Gasteiger partial charge >= 0.3 is 0 Å². The maximum absolute atomic E-state index is 13.5. The minimum atomic E-state index is -0.442. The molecule has 0 saturated carbocycles. The summed E-state index contributed by atoms with van der Waals surface area (Å²) in [6.45, 7) is 3.86. The van der Waals surface area contributed by atoms with Crippen LogP contribution in [0.4, 0.5) is 4.39 Å². The molecular weight excluding hydrogens is 343 g/mol. The Kier molecular flexibility index (Phi) is 4.83. The molecule has 1 heterocycles. The fourth-order valence-electron chi connectivity index (χ4n) is 2.74. The monoisotopic (exact) mass is 358 g/mol. The molecule has 0 amide bonds. The Bertz CT molecular complexity index is 900. The number of benzene rings is 2. The largest absolute Gasteiger partial charge is 0.293 e. The van der Waals surface area contributed by atoms with Gasteiger partial charge in [-0.15, -0.1) is 11.3 Å². The third kappa shape index (κ3) is 3.02. The highest BCUT2D eigenvalue weighted by atomic mass is 35.5. The third-order valence-corrected chi connectivity index (χ3v) is 5.64. The lowest BCUT2D eigenvalue weighted by Gasteiger charge is -2.05. The Hall–Kier alpha value is -1.97. The van der Waals surface area contributed by atoms with Crippen molar-refractivity contribution in [1.82, 2.24) is 0 Å². The molecule has 3 rings (SSSR count). The van der Waals surface area contributed by atoms with Crippen molar-refractivity contribution in [2.24, 2.45) is 0 Å². The van der Waals surface area contributed by atoms with E-state index in [1.165, 1.54) is 17.4 Å². The van der Waals surface area contributed by atoms with Gasteiger partial charge in [0.2, 0.25) is 0 Å². The first-order valence-electron chi connectivity index (χ1n) is 7.70. The molecule has 0 fully saturated rings. The molecule has 0 unspecified atom stereocenters. The first kappa shape index (κ1) is 16.9. The first-order valence-corrected chi connectivity index (χ1v) is 8.89. The summed E-state index contributed by atoms with van der Waals surface area (Å²) < 4.78 is 13.5. The van der Waals surface area contributed by atoms with Crippen molar-refractivity contribution >= 4 is 28.7 Å². The molecule has 0 aliphatic carbocycles. The molecule has 3 aromatic rings. The average molecular weight is 359 g/mol. The van der Waals surface area contributed by atoms with Crippen LogP contribution in [0.2, 0.25) is 5.02 Å². The molecule has 24 heavy (non-hydrogen) atoms. The number of rotatable bonds is 4. The Labute approximate surface area is 149 Å². The predicted octanol–water partition coefficient (Wildman–Crippen LogP) is 6.78. The lowest BCUT2D eigenvalue weighted by molar-refractivity contribution is 0.0992. The van der Waals surface area contributed by atoms with Crippen molar-refractivity contribution < 1.29 is 9.18 Å². The van der Waals surface area contributed by atoms with Crippen molar-refractivity contribution in [3.05, 3.63) is 69.8 Å². The van der Waals surface area contributed by atoms with Gasteiger partial charge in [0.15, 0.2) is 5.78 Å². The zero-order valence-corrected chi connectivity index (χ0v) is 15.0. The number of carbonyl (C=O) groups excluding carboxylic acids is 1. The molecule has 122 valence electrons. The molecular formula is C20H16ClFOS. The van der Waals surface area contributed by atoms with Gasteiger partial charge in [-0.1, -0.05) is 54.9 Å². The zero-order valence-electron chi connectivity index (χ0n) is 13.4. The van der Waals surface area contributed by atoms with Crippen molar-refractivity contribution in [3.8, 4) is 21.6 Å².